The van der Waals surface area contributed by atoms with Gasteiger partial charge in [0, 0.05) is 17.7 Å². The van der Waals surface area contributed by atoms with Crippen molar-refractivity contribution >= 4 is 28.6 Å². The maximum atomic E-state index is 14.5. The summed E-state index contributed by atoms with van der Waals surface area (Å²) in [5.74, 6) is -0.646. The summed E-state index contributed by atoms with van der Waals surface area (Å²) in [7, 11) is 0. The van der Waals surface area contributed by atoms with Crippen molar-refractivity contribution in [1.82, 2.24) is 15.2 Å². The molecule has 0 spiro atoms. The molecule has 0 aliphatic carbocycles. The van der Waals surface area contributed by atoms with Gasteiger partial charge in [0.25, 0.3) is 0 Å². The topological polar surface area (TPSA) is 106 Å². The Hall–Kier alpha value is -2.33. The van der Waals surface area contributed by atoms with Gasteiger partial charge in [0.2, 0.25) is 0 Å². The number of rotatable bonds is 8. The second kappa shape index (κ2) is 9.86. The number of aryl methyl sites for hydroxylation is 1. The van der Waals surface area contributed by atoms with E-state index >= 15 is 0 Å². The summed E-state index contributed by atoms with van der Waals surface area (Å²) < 4.78 is 19.9. The predicted octanol–water partition coefficient (Wildman–Crippen LogP) is 4.28. The zero-order chi connectivity index (χ0) is 22.7. The van der Waals surface area contributed by atoms with Gasteiger partial charge in [-0.3, -0.25) is 0 Å². The Morgan fingerprint density at radius 1 is 1.23 bits per heavy atom. The third-order valence-electron chi connectivity index (χ3n) is 4.48. The first-order valence-electron chi connectivity index (χ1n) is 9.79. The average molecular weight is 466 g/mol. The first-order chi connectivity index (χ1) is 14.7. The zero-order valence-electron chi connectivity index (χ0n) is 17.7. The molecule has 0 bridgehead atoms. The molecular formula is C21H25ClFN5O2S. The van der Waals surface area contributed by atoms with Crippen LogP contribution in [0.1, 0.15) is 26.5 Å². The summed E-state index contributed by atoms with van der Waals surface area (Å²) in [6.07, 6.45) is -0.773. The van der Waals surface area contributed by atoms with Gasteiger partial charge < -0.3 is 20.9 Å². The molecule has 0 aliphatic rings. The van der Waals surface area contributed by atoms with Gasteiger partial charge >= 0.3 is 0 Å². The SMILES string of the molecule is Cc1nc(-c2nnc(-c3cc(F)c(OCC(N)C(C)O)cc3Cl)s2)ccc1NC(C)C. The molecule has 3 rings (SSSR count). The van der Waals surface area contributed by atoms with Gasteiger partial charge in [0.05, 0.1) is 28.5 Å². The highest BCUT2D eigenvalue weighted by atomic mass is 35.5. The lowest BCUT2D eigenvalue weighted by Crippen LogP contribution is -2.38. The molecule has 1 aromatic carbocycles. The average Bonchev–Trinajstić information content (AvgIpc) is 3.19. The van der Waals surface area contributed by atoms with E-state index in [0.29, 0.717) is 27.3 Å². The Labute approximate surface area is 189 Å². The highest BCUT2D eigenvalue weighted by Gasteiger charge is 2.18. The van der Waals surface area contributed by atoms with Crippen LogP contribution in [0.25, 0.3) is 21.3 Å². The molecule has 0 saturated carbocycles. The maximum Gasteiger partial charge on any atom is 0.166 e. The molecule has 166 valence electrons. The number of hydrogen-bond acceptors (Lipinski definition) is 8. The van der Waals surface area contributed by atoms with Crippen LogP contribution < -0.4 is 15.8 Å². The van der Waals surface area contributed by atoms with Crippen molar-refractivity contribution < 1.29 is 14.2 Å². The molecule has 2 atom stereocenters. The largest absolute Gasteiger partial charge is 0.489 e. The number of nitrogens with one attached hydrogen (secondary N) is 1. The van der Waals surface area contributed by atoms with E-state index in [2.05, 4.69) is 34.3 Å². The van der Waals surface area contributed by atoms with Crippen molar-refractivity contribution in [3.05, 3.63) is 40.8 Å². The molecule has 2 unspecified atom stereocenters. The van der Waals surface area contributed by atoms with Crippen LogP contribution in [0.4, 0.5) is 10.1 Å². The fraction of sp³-hybridized carbons (Fsp3) is 0.381. The normalized spacial score (nSPS) is 13.3. The third kappa shape index (κ3) is 5.68. The number of hydrogen-bond donors (Lipinski definition) is 3. The molecule has 0 radical (unpaired) electrons. The van der Waals surface area contributed by atoms with Crippen LogP contribution in [0.15, 0.2) is 24.3 Å². The second-order valence-corrected chi connectivity index (χ2v) is 8.90. The van der Waals surface area contributed by atoms with Crippen LogP contribution in [0.3, 0.4) is 0 Å². The number of aliphatic hydroxyl groups is 1. The molecule has 7 nitrogen and oxygen atoms in total. The first-order valence-corrected chi connectivity index (χ1v) is 11.0. The van der Waals surface area contributed by atoms with Crippen LogP contribution in [0.5, 0.6) is 5.75 Å². The molecule has 0 fully saturated rings. The predicted molar refractivity (Wildman–Crippen MR) is 122 cm³/mol. The van der Waals surface area contributed by atoms with Gasteiger partial charge in [-0.1, -0.05) is 22.9 Å². The van der Waals surface area contributed by atoms with E-state index in [1.165, 1.54) is 30.4 Å². The van der Waals surface area contributed by atoms with Crippen molar-refractivity contribution in [2.45, 2.75) is 45.9 Å². The van der Waals surface area contributed by atoms with E-state index < -0.39 is 18.0 Å². The summed E-state index contributed by atoms with van der Waals surface area (Å²) in [5, 5.41) is 22.5. The Kier molecular flexibility index (Phi) is 7.42. The van der Waals surface area contributed by atoms with Crippen molar-refractivity contribution in [3.63, 3.8) is 0 Å². The van der Waals surface area contributed by atoms with E-state index in [4.69, 9.17) is 22.1 Å². The van der Waals surface area contributed by atoms with E-state index in [-0.39, 0.29) is 17.4 Å². The molecular weight excluding hydrogens is 441 g/mol. The van der Waals surface area contributed by atoms with Crippen LogP contribution in [-0.2, 0) is 0 Å². The lowest BCUT2D eigenvalue weighted by molar-refractivity contribution is 0.129. The molecule has 2 heterocycles. The Morgan fingerprint density at radius 2 is 1.94 bits per heavy atom. The maximum absolute atomic E-state index is 14.5. The Bertz CT molecular complexity index is 1060. The van der Waals surface area contributed by atoms with E-state index in [1.807, 2.05) is 19.1 Å². The lowest BCUT2D eigenvalue weighted by atomic mass is 10.2. The van der Waals surface area contributed by atoms with Gasteiger partial charge in [-0.25, -0.2) is 9.37 Å². The molecule has 0 saturated heterocycles. The van der Waals surface area contributed by atoms with Gasteiger partial charge in [-0.05, 0) is 45.9 Å². The van der Waals surface area contributed by atoms with E-state index in [9.17, 15) is 9.50 Å². The van der Waals surface area contributed by atoms with Gasteiger partial charge in [-0.2, -0.15) is 0 Å². The highest BCUT2D eigenvalue weighted by molar-refractivity contribution is 7.17. The van der Waals surface area contributed by atoms with Crippen LogP contribution in [-0.4, -0.2) is 45.1 Å². The van der Waals surface area contributed by atoms with E-state index in [0.717, 1.165) is 11.4 Å². The Balaban J connectivity index is 1.82. The number of aromatic nitrogens is 3. The molecule has 0 aliphatic heterocycles. The van der Waals surface area contributed by atoms with E-state index in [1.54, 1.807) is 0 Å². The quantitative estimate of drug-likeness (QED) is 0.456. The summed E-state index contributed by atoms with van der Waals surface area (Å²) in [6, 6.07) is 6.11. The minimum atomic E-state index is -0.773. The number of halogens is 2. The van der Waals surface area contributed by atoms with Crippen molar-refractivity contribution in [1.29, 1.82) is 0 Å². The third-order valence-corrected chi connectivity index (χ3v) is 5.77. The van der Waals surface area contributed by atoms with Crippen molar-refractivity contribution in [2.75, 3.05) is 11.9 Å². The molecule has 10 heteroatoms. The zero-order valence-corrected chi connectivity index (χ0v) is 19.3. The van der Waals surface area contributed by atoms with Crippen LogP contribution in [0, 0.1) is 12.7 Å². The summed E-state index contributed by atoms with van der Waals surface area (Å²) >= 11 is 7.62. The number of ether oxygens (including phenoxy) is 1. The summed E-state index contributed by atoms with van der Waals surface area (Å²) in [6.45, 7) is 7.54. The molecule has 4 N–H and O–H groups in total. The van der Waals surface area contributed by atoms with Crippen molar-refractivity contribution in [3.8, 4) is 27.0 Å². The number of aliphatic hydroxyl groups excluding tert-OH is 1. The fourth-order valence-corrected chi connectivity index (χ4v) is 3.85. The summed E-state index contributed by atoms with van der Waals surface area (Å²) in [4.78, 5) is 4.60. The van der Waals surface area contributed by atoms with Gasteiger partial charge in [0.15, 0.2) is 16.6 Å². The van der Waals surface area contributed by atoms with Gasteiger partial charge in [0.1, 0.15) is 17.3 Å². The Morgan fingerprint density at radius 3 is 2.58 bits per heavy atom. The minimum absolute atomic E-state index is 0.0416. The number of nitrogens with two attached hydrogens (primary N) is 1. The van der Waals surface area contributed by atoms with Crippen LogP contribution >= 0.6 is 22.9 Å². The smallest absolute Gasteiger partial charge is 0.166 e. The minimum Gasteiger partial charge on any atom is -0.489 e. The number of anilines is 1. The second-order valence-electron chi connectivity index (χ2n) is 7.52. The molecule has 0 amide bonds. The molecule has 31 heavy (non-hydrogen) atoms. The lowest BCUT2D eigenvalue weighted by Gasteiger charge is -2.16. The molecule has 2 aromatic heterocycles. The summed E-state index contributed by atoms with van der Waals surface area (Å²) in [5.41, 5.74) is 8.61. The van der Waals surface area contributed by atoms with Gasteiger partial charge in [-0.15, -0.1) is 10.2 Å². The van der Waals surface area contributed by atoms with Crippen LogP contribution in [0.2, 0.25) is 5.02 Å². The number of pyridine rings is 1. The number of benzene rings is 1. The fourth-order valence-electron chi connectivity index (χ4n) is 2.71. The monoisotopic (exact) mass is 465 g/mol. The highest BCUT2D eigenvalue weighted by Crippen LogP contribution is 2.37. The number of nitrogens with zero attached hydrogens (tertiary/aromatic N) is 3. The first kappa shape index (κ1) is 23.3. The van der Waals surface area contributed by atoms with Crippen molar-refractivity contribution in [2.24, 2.45) is 5.73 Å². The standard InChI is InChI=1S/C21H25ClFN5O2S/c1-10(2)25-17-5-6-18(26-11(17)3)21-28-27-20(31-21)13-7-15(23)19(8-14(13)22)30-9-16(24)12(4)29/h5-8,10,12,16,25,29H,9,24H2,1-4H3. The molecule has 3 aromatic rings.